The fraction of sp³-hybridized carbons (Fsp3) is 0.385. The second kappa shape index (κ2) is 7.16. The lowest BCUT2D eigenvalue weighted by molar-refractivity contribution is 0.0953. The van der Waals surface area contributed by atoms with Crippen molar-refractivity contribution >= 4 is 28.6 Å². The molecular weight excluding hydrogens is 262 g/mol. The molecule has 3 N–H and O–H groups in total. The molecule has 1 aromatic heterocycles. The van der Waals surface area contributed by atoms with Crippen molar-refractivity contribution in [2.75, 3.05) is 24.7 Å². The number of carbonyl (C=O) groups excluding carboxylic acids is 1. The van der Waals surface area contributed by atoms with E-state index in [4.69, 9.17) is 5.11 Å². The van der Waals surface area contributed by atoms with E-state index < -0.39 is 0 Å². The first-order valence-corrected chi connectivity index (χ1v) is 7.38. The van der Waals surface area contributed by atoms with E-state index in [1.165, 1.54) is 0 Å². The summed E-state index contributed by atoms with van der Waals surface area (Å²) in [5.41, 5.74) is 1.31. The fourth-order valence-corrected chi connectivity index (χ4v) is 2.51. The number of fused-ring (bicyclic) bond motifs is 1. The number of H-pyrrole nitrogens is 1. The van der Waals surface area contributed by atoms with Crippen LogP contribution in [-0.2, 0) is 0 Å². The van der Waals surface area contributed by atoms with E-state index in [2.05, 4.69) is 15.5 Å². The molecule has 0 saturated carbocycles. The summed E-state index contributed by atoms with van der Waals surface area (Å²) >= 11 is 1.72. The summed E-state index contributed by atoms with van der Waals surface area (Å²) in [6.45, 7) is 0.828. The Morgan fingerprint density at radius 2 is 2.21 bits per heavy atom. The van der Waals surface area contributed by atoms with Crippen LogP contribution < -0.4 is 5.32 Å². The van der Waals surface area contributed by atoms with Crippen molar-refractivity contribution in [1.82, 2.24) is 15.5 Å². The number of aliphatic hydroxyl groups is 1. The average Bonchev–Trinajstić information content (AvgIpc) is 2.86. The Bertz CT molecular complexity index is 541. The van der Waals surface area contributed by atoms with Crippen molar-refractivity contribution in [3.05, 3.63) is 30.0 Å². The molecule has 0 radical (unpaired) electrons. The summed E-state index contributed by atoms with van der Waals surface area (Å²) in [6.07, 6.45) is 0.794. The highest BCUT2D eigenvalue weighted by Crippen LogP contribution is 2.14. The van der Waals surface area contributed by atoms with Gasteiger partial charge in [0.25, 0.3) is 5.91 Å². The summed E-state index contributed by atoms with van der Waals surface area (Å²) < 4.78 is 0. The molecule has 0 aliphatic rings. The van der Waals surface area contributed by atoms with E-state index >= 15 is 0 Å². The molecule has 0 atom stereocenters. The van der Waals surface area contributed by atoms with Gasteiger partial charge in [0.05, 0.1) is 5.52 Å². The lowest BCUT2D eigenvalue weighted by Crippen LogP contribution is -2.26. The number of hydrogen-bond acceptors (Lipinski definition) is 4. The van der Waals surface area contributed by atoms with Crippen LogP contribution in [0.5, 0.6) is 0 Å². The van der Waals surface area contributed by atoms with Crippen LogP contribution in [0.3, 0.4) is 0 Å². The van der Waals surface area contributed by atoms with Crippen LogP contribution in [0.1, 0.15) is 16.9 Å². The standard InChI is InChI=1S/C13H17N3O2S/c17-7-3-8-19-9-6-14-13(18)12-10-4-1-2-5-11(10)15-16-12/h1-2,4-5,17H,3,6-9H2,(H,14,18)(H,15,16). The van der Waals surface area contributed by atoms with Gasteiger partial charge in [-0.25, -0.2) is 0 Å². The number of nitrogens with one attached hydrogen (secondary N) is 2. The minimum absolute atomic E-state index is 0.153. The molecule has 5 nitrogen and oxygen atoms in total. The van der Waals surface area contributed by atoms with Gasteiger partial charge in [-0.3, -0.25) is 9.89 Å². The molecule has 0 aliphatic carbocycles. The van der Waals surface area contributed by atoms with E-state index in [1.807, 2.05) is 24.3 Å². The highest BCUT2D eigenvalue weighted by Gasteiger charge is 2.12. The van der Waals surface area contributed by atoms with Gasteiger partial charge in [-0.15, -0.1) is 0 Å². The molecule has 0 bridgehead atoms. The Morgan fingerprint density at radius 1 is 1.37 bits per heavy atom. The molecule has 1 amide bonds. The number of thioether (sulfide) groups is 1. The smallest absolute Gasteiger partial charge is 0.272 e. The molecule has 0 spiro atoms. The van der Waals surface area contributed by atoms with Crippen LogP contribution in [0.4, 0.5) is 0 Å². The minimum atomic E-state index is -0.153. The van der Waals surface area contributed by atoms with Gasteiger partial charge in [0, 0.05) is 24.3 Å². The third-order valence-corrected chi connectivity index (χ3v) is 3.73. The van der Waals surface area contributed by atoms with Crippen LogP contribution in [0.25, 0.3) is 10.9 Å². The van der Waals surface area contributed by atoms with Gasteiger partial charge < -0.3 is 10.4 Å². The van der Waals surface area contributed by atoms with Crippen LogP contribution in [0, 0.1) is 0 Å². The molecule has 1 aromatic carbocycles. The van der Waals surface area contributed by atoms with E-state index in [1.54, 1.807) is 11.8 Å². The molecule has 2 aromatic rings. The van der Waals surface area contributed by atoms with Gasteiger partial charge in [-0.05, 0) is 18.2 Å². The SMILES string of the molecule is O=C(NCCSCCCO)c1n[nH]c2ccccc12. The highest BCUT2D eigenvalue weighted by atomic mass is 32.2. The lowest BCUT2D eigenvalue weighted by Gasteiger charge is -2.03. The Balaban J connectivity index is 1.83. The molecule has 0 unspecified atom stereocenters. The maximum absolute atomic E-state index is 12.0. The molecule has 1 heterocycles. The van der Waals surface area contributed by atoms with Crippen molar-refractivity contribution in [1.29, 1.82) is 0 Å². The van der Waals surface area contributed by atoms with Crippen LogP contribution >= 0.6 is 11.8 Å². The van der Waals surface area contributed by atoms with Crippen molar-refractivity contribution in [2.45, 2.75) is 6.42 Å². The van der Waals surface area contributed by atoms with Crippen LogP contribution in [0.15, 0.2) is 24.3 Å². The van der Waals surface area contributed by atoms with Crippen molar-refractivity contribution in [3.63, 3.8) is 0 Å². The minimum Gasteiger partial charge on any atom is -0.396 e. The first-order valence-electron chi connectivity index (χ1n) is 6.23. The van der Waals surface area contributed by atoms with Crippen molar-refractivity contribution < 1.29 is 9.90 Å². The molecule has 0 aliphatic heterocycles. The third-order valence-electron chi connectivity index (χ3n) is 2.66. The molecule has 0 fully saturated rings. The number of aromatic amines is 1. The summed E-state index contributed by atoms with van der Waals surface area (Å²) in [7, 11) is 0. The van der Waals surface area contributed by atoms with Crippen LogP contribution in [-0.4, -0.2) is 45.9 Å². The van der Waals surface area contributed by atoms with Crippen LogP contribution in [0.2, 0.25) is 0 Å². The van der Waals surface area contributed by atoms with Gasteiger partial charge >= 0.3 is 0 Å². The normalized spacial score (nSPS) is 10.8. The third kappa shape index (κ3) is 3.71. The first-order chi connectivity index (χ1) is 9.33. The monoisotopic (exact) mass is 279 g/mol. The number of aliphatic hydroxyl groups excluding tert-OH is 1. The number of amides is 1. The average molecular weight is 279 g/mol. The van der Waals surface area contributed by atoms with E-state index in [0.29, 0.717) is 12.2 Å². The summed E-state index contributed by atoms with van der Waals surface area (Å²) in [6, 6.07) is 7.56. The largest absolute Gasteiger partial charge is 0.396 e. The zero-order valence-corrected chi connectivity index (χ0v) is 11.4. The zero-order valence-electron chi connectivity index (χ0n) is 10.6. The van der Waals surface area contributed by atoms with E-state index in [0.717, 1.165) is 28.8 Å². The number of nitrogens with zero attached hydrogens (tertiary/aromatic N) is 1. The van der Waals surface area contributed by atoms with Gasteiger partial charge in [0.1, 0.15) is 0 Å². The number of para-hydroxylation sites is 1. The summed E-state index contributed by atoms with van der Waals surface area (Å²) in [5, 5.41) is 19.2. The second-order valence-corrected chi connectivity index (χ2v) is 5.29. The molecule has 102 valence electrons. The van der Waals surface area contributed by atoms with Gasteiger partial charge in [0.2, 0.25) is 0 Å². The molecule has 6 heteroatoms. The summed E-state index contributed by atoms with van der Waals surface area (Å²) in [5.74, 6) is 1.60. The Kier molecular flexibility index (Phi) is 5.23. The van der Waals surface area contributed by atoms with Gasteiger partial charge in [-0.2, -0.15) is 16.9 Å². The topological polar surface area (TPSA) is 78.0 Å². The number of hydrogen-bond donors (Lipinski definition) is 3. The lowest BCUT2D eigenvalue weighted by atomic mass is 10.2. The first kappa shape index (κ1) is 13.9. The number of aromatic nitrogens is 2. The van der Waals surface area contributed by atoms with E-state index in [-0.39, 0.29) is 12.5 Å². The van der Waals surface area contributed by atoms with Crippen molar-refractivity contribution in [2.24, 2.45) is 0 Å². The van der Waals surface area contributed by atoms with Gasteiger partial charge in [-0.1, -0.05) is 18.2 Å². The molecule has 0 saturated heterocycles. The Morgan fingerprint density at radius 3 is 3.05 bits per heavy atom. The van der Waals surface area contributed by atoms with Gasteiger partial charge in [0.15, 0.2) is 5.69 Å². The fourth-order valence-electron chi connectivity index (χ4n) is 1.73. The predicted octanol–water partition coefficient (Wildman–Crippen LogP) is 1.41. The van der Waals surface area contributed by atoms with E-state index in [9.17, 15) is 4.79 Å². The maximum Gasteiger partial charge on any atom is 0.272 e. The zero-order chi connectivity index (χ0) is 13.5. The number of carbonyl (C=O) groups is 1. The Labute approximate surface area is 115 Å². The summed E-state index contributed by atoms with van der Waals surface area (Å²) in [4.78, 5) is 12.0. The van der Waals surface area contributed by atoms with Crippen molar-refractivity contribution in [3.8, 4) is 0 Å². The Hall–Kier alpha value is -1.53. The number of rotatable bonds is 7. The molecular formula is C13H17N3O2S. The quantitative estimate of drug-likeness (QED) is 0.670. The molecule has 2 rings (SSSR count). The predicted molar refractivity (Wildman–Crippen MR) is 77.5 cm³/mol. The molecule has 19 heavy (non-hydrogen) atoms. The maximum atomic E-state index is 12.0. The highest BCUT2D eigenvalue weighted by molar-refractivity contribution is 7.99. The number of benzene rings is 1. The second-order valence-electron chi connectivity index (χ2n) is 4.06.